The summed E-state index contributed by atoms with van der Waals surface area (Å²) in [6.45, 7) is 1.68. The van der Waals surface area contributed by atoms with Crippen LogP contribution in [0.15, 0.2) is 18.2 Å². The molecule has 7 heteroatoms. The summed E-state index contributed by atoms with van der Waals surface area (Å²) in [4.78, 5) is 11.5. The van der Waals surface area contributed by atoms with Gasteiger partial charge < -0.3 is 4.74 Å². The fourth-order valence-electron chi connectivity index (χ4n) is 1.35. The summed E-state index contributed by atoms with van der Waals surface area (Å²) in [6.07, 6.45) is 0. The second-order valence-corrected chi connectivity index (χ2v) is 3.93. The number of aryl methyl sites for hydroxylation is 1. The first-order valence-electron chi connectivity index (χ1n) is 5.03. The molecule has 0 bridgehead atoms. The van der Waals surface area contributed by atoms with Crippen LogP contribution in [0.4, 0.5) is 0 Å². The van der Waals surface area contributed by atoms with Gasteiger partial charge in [0.2, 0.25) is 5.82 Å². The Hall–Kier alpha value is -2.08. The largest absolute Gasteiger partial charge is 0.465 e. The molecular formula is C11H9ClN4O2. The van der Waals surface area contributed by atoms with Crippen LogP contribution in [0.5, 0.6) is 0 Å². The third-order valence-corrected chi connectivity index (χ3v) is 2.37. The van der Waals surface area contributed by atoms with E-state index in [0.717, 1.165) is 0 Å². The van der Waals surface area contributed by atoms with Gasteiger partial charge in [0.05, 0.1) is 12.7 Å². The minimum Gasteiger partial charge on any atom is -0.465 e. The highest BCUT2D eigenvalue weighted by molar-refractivity contribution is 6.31. The van der Waals surface area contributed by atoms with Crippen LogP contribution in [0.2, 0.25) is 5.02 Å². The maximum atomic E-state index is 11.5. The van der Waals surface area contributed by atoms with Gasteiger partial charge in [0.15, 0.2) is 5.82 Å². The topological polar surface area (TPSA) is 77.9 Å². The van der Waals surface area contributed by atoms with Crippen molar-refractivity contribution < 1.29 is 9.53 Å². The maximum Gasteiger partial charge on any atom is 0.337 e. The zero-order valence-corrected chi connectivity index (χ0v) is 10.5. The molecule has 0 saturated carbocycles. The standard InChI is InChI=1S/C11H9ClN4O2/c1-6-13-15-10(16-14-6)7-3-8(11(17)18-2)5-9(12)4-7/h3-5H,1-2H3. The summed E-state index contributed by atoms with van der Waals surface area (Å²) in [7, 11) is 1.30. The molecule has 0 aliphatic heterocycles. The highest BCUT2D eigenvalue weighted by Crippen LogP contribution is 2.21. The lowest BCUT2D eigenvalue weighted by molar-refractivity contribution is 0.0601. The lowest BCUT2D eigenvalue weighted by Gasteiger charge is -2.03. The van der Waals surface area contributed by atoms with Crippen LogP contribution in [0, 0.1) is 6.92 Å². The number of ether oxygens (including phenoxy) is 1. The first-order chi connectivity index (χ1) is 8.60. The molecule has 0 N–H and O–H groups in total. The molecule has 0 fully saturated rings. The summed E-state index contributed by atoms with van der Waals surface area (Å²) < 4.78 is 4.63. The molecular weight excluding hydrogens is 256 g/mol. The fraction of sp³-hybridized carbons (Fsp3) is 0.182. The number of carbonyl (C=O) groups is 1. The monoisotopic (exact) mass is 264 g/mol. The predicted octanol–water partition coefficient (Wildman–Crippen LogP) is 1.68. The molecule has 1 aromatic heterocycles. The third kappa shape index (κ3) is 2.60. The van der Waals surface area contributed by atoms with E-state index in [1.54, 1.807) is 19.1 Å². The van der Waals surface area contributed by atoms with E-state index in [-0.39, 0.29) is 0 Å². The van der Waals surface area contributed by atoms with E-state index in [9.17, 15) is 4.79 Å². The lowest BCUT2D eigenvalue weighted by atomic mass is 10.1. The Labute approximate surface area is 108 Å². The number of aromatic nitrogens is 4. The van der Waals surface area contributed by atoms with Gasteiger partial charge in [-0.15, -0.1) is 20.4 Å². The van der Waals surface area contributed by atoms with E-state index in [1.165, 1.54) is 13.2 Å². The van der Waals surface area contributed by atoms with E-state index in [2.05, 4.69) is 25.1 Å². The van der Waals surface area contributed by atoms with Crippen LogP contribution in [-0.4, -0.2) is 33.5 Å². The van der Waals surface area contributed by atoms with Gasteiger partial charge in [-0.1, -0.05) is 11.6 Å². The Morgan fingerprint density at radius 1 is 1.17 bits per heavy atom. The number of halogens is 1. The molecule has 18 heavy (non-hydrogen) atoms. The van der Waals surface area contributed by atoms with E-state index >= 15 is 0 Å². The van der Waals surface area contributed by atoms with E-state index in [0.29, 0.717) is 27.8 Å². The van der Waals surface area contributed by atoms with Gasteiger partial charge in [-0.2, -0.15) is 0 Å². The maximum absolute atomic E-state index is 11.5. The molecule has 0 saturated heterocycles. The van der Waals surface area contributed by atoms with Crippen molar-refractivity contribution in [2.24, 2.45) is 0 Å². The lowest BCUT2D eigenvalue weighted by Crippen LogP contribution is -2.03. The minimum absolute atomic E-state index is 0.299. The molecule has 1 aromatic carbocycles. The Bertz CT molecular complexity index is 586. The smallest absolute Gasteiger partial charge is 0.337 e. The number of esters is 1. The molecule has 0 aliphatic carbocycles. The van der Waals surface area contributed by atoms with Gasteiger partial charge in [-0.05, 0) is 25.1 Å². The van der Waals surface area contributed by atoms with Crippen molar-refractivity contribution in [2.45, 2.75) is 6.92 Å². The number of carbonyl (C=O) groups excluding carboxylic acids is 1. The van der Waals surface area contributed by atoms with Crippen molar-refractivity contribution in [1.82, 2.24) is 20.4 Å². The Morgan fingerprint density at radius 2 is 1.83 bits per heavy atom. The summed E-state index contributed by atoms with van der Waals surface area (Å²) >= 11 is 5.93. The normalized spacial score (nSPS) is 10.2. The van der Waals surface area contributed by atoms with Crippen molar-refractivity contribution in [3.63, 3.8) is 0 Å². The van der Waals surface area contributed by atoms with E-state index in [4.69, 9.17) is 11.6 Å². The van der Waals surface area contributed by atoms with Crippen molar-refractivity contribution in [3.05, 3.63) is 34.6 Å². The summed E-state index contributed by atoms with van der Waals surface area (Å²) in [5.41, 5.74) is 0.882. The highest BCUT2D eigenvalue weighted by Gasteiger charge is 2.11. The van der Waals surface area contributed by atoms with Crippen molar-refractivity contribution in [2.75, 3.05) is 7.11 Å². The Morgan fingerprint density at radius 3 is 2.44 bits per heavy atom. The van der Waals surface area contributed by atoms with Crippen molar-refractivity contribution in [3.8, 4) is 11.4 Å². The molecule has 6 nitrogen and oxygen atoms in total. The summed E-state index contributed by atoms with van der Waals surface area (Å²) in [6, 6.07) is 4.71. The van der Waals surface area contributed by atoms with Gasteiger partial charge in [-0.3, -0.25) is 0 Å². The molecule has 2 aromatic rings. The zero-order valence-electron chi connectivity index (χ0n) is 9.72. The van der Waals surface area contributed by atoms with E-state index in [1.807, 2.05) is 0 Å². The van der Waals surface area contributed by atoms with Gasteiger partial charge in [0.1, 0.15) is 0 Å². The van der Waals surface area contributed by atoms with Gasteiger partial charge >= 0.3 is 5.97 Å². The SMILES string of the molecule is COC(=O)c1cc(Cl)cc(-c2nnc(C)nn2)c1. The first kappa shape index (κ1) is 12.4. The number of hydrogen-bond donors (Lipinski definition) is 0. The van der Waals surface area contributed by atoms with Gasteiger partial charge in [-0.25, -0.2) is 4.79 Å². The van der Waals surface area contributed by atoms with Crippen molar-refractivity contribution >= 4 is 17.6 Å². The number of nitrogens with zero attached hydrogens (tertiary/aromatic N) is 4. The minimum atomic E-state index is -0.480. The second kappa shape index (κ2) is 5.05. The average Bonchev–Trinajstić information content (AvgIpc) is 2.38. The Balaban J connectivity index is 2.48. The van der Waals surface area contributed by atoms with Crippen LogP contribution >= 0.6 is 11.6 Å². The van der Waals surface area contributed by atoms with Gasteiger partial charge in [0.25, 0.3) is 0 Å². The third-order valence-electron chi connectivity index (χ3n) is 2.16. The zero-order chi connectivity index (χ0) is 13.1. The molecule has 0 amide bonds. The molecule has 1 heterocycles. The van der Waals surface area contributed by atoms with Crippen LogP contribution in [0.1, 0.15) is 16.2 Å². The average molecular weight is 265 g/mol. The number of benzene rings is 1. The summed E-state index contributed by atoms with van der Waals surface area (Å²) in [5, 5.41) is 15.7. The molecule has 0 aliphatic rings. The summed E-state index contributed by atoms with van der Waals surface area (Å²) in [5.74, 6) is 0.286. The van der Waals surface area contributed by atoms with Gasteiger partial charge in [0, 0.05) is 10.6 Å². The quantitative estimate of drug-likeness (QED) is 0.768. The second-order valence-electron chi connectivity index (χ2n) is 3.49. The van der Waals surface area contributed by atoms with Crippen molar-refractivity contribution in [1.29, 1.82) is 0 Å². The molecule has 0 radical (unpaired) electrons. The fourth-order valence-corrected chi connectivity index (χ4v) is 1.58. The van der Waals surface area contributed by atoms with Crippen LogP contribution in [0.25, 0.3) is 11.4 Å². The number of methoxy groups -OCH3 is 1. The molecule has 92 valence electrons. The molecule has 0 unspecified atom stereocenters. The molecule has 2 rings (SSSR count). The van der Waals surface area contributed by atoms with Crippen LogP contribution < -0.4 is 0 Å². The van der Waals surface area contributed by atoms with E-state index < -0.39 is 5.97 Å². The van der Waals surface area contributed by atoms with Crippen LogP contribution in [0.3, 0.4) is 0 Å². The van der Waals surface area contributed by atoms with Crippen LogP contribution in [-0.2, 0) is 4.74 Å². The molecule has 0 atom stereocenters. The number of rotatable bonds is 2. The number of hydrogen-bond acceptors (Lipinski definition) is 6. The molecule has 0 spiro atoms. The first-order valence-corrected chi connectivity index (χ1v) is 5.41. The highest BCUT2D eigenvalue weighted by atomic mass is 35.5. The Kier molecular flexibility index (Phi) is 3.47. The predicted molar refractivity (Wildman–Crippen MR) is 64.1 cm³/mol.